The molecule has 1 heterocycles. The van der Waals surface area contributed by atoms with Crippen molar-refractivity contribution in [3.05, 3.63) is 48.8 Å². The lowest BCUT2D eigenvalue weighted by molar-refractivity contribution is -0.114. The maximum Gasteiger partial charge on any atom is 0.264 e. The van der Waals surface area contributed by atoms with E-state index >= 15 is 0 Å². The largest absolute Gasteiger partial charge is 0.345 e. The molecule has 0 saturated heterocycles. The Morgan fingerprint density at radius 3 is 2.54 bits per heavy atom. The molecule has 0 atom stereocenters. The summed E-state index contributed by atoms with van der Waals surface area (Å²) in [6, 6.07) is 11.2. The Hall–Kier alpha value is -2.87. The number of aromatic amines is 1. The number of fused-ring (bicyclic) bond motifs is 1. The minimum Gasteiger partial charge on any atom is -0.345 e. The number of imidazole rings is 1. The highest BCUT2D eigenvalue weighted by Crippen LogP contribution is 2.25. The van der Waals surface area contributed by atoms with Crippen molar-refractivity contribution in [2.75, 3.05) is 16.7 Å². The number of benzene rings is 2. The number of H-pyrrole nitrogens is 1. The summed E-state index contributed by atoms with van der Waals surface area (Å²) in [5.74, 6) is -0.212. The van der Waals surface area contributed by atoms with Crippen molar-refractivity contribution in [1.29, 1.82) is 0 Å². The van der Waals surface area contributed by atoms with Gasteiger partial charge in [0.05, 0.1) is 27.9 Å². The maximum atomic E-state index is 12.8. The number of anilines is 2. The Labute approximate surface area is 139 Å². The summed E-state index contributed by atoms with van der Waals surface area (Å²) in [5.41, 5.74) is 2.60. The molecule has 0 saturated carbocycles. The molecule has 3 rings (SSSR count). The monoisotopic (exact) mass is 344 g/mol. The molecule has 8 heteroatoms. The lowest BCUT2D eigenvalue weighted by atomic mass is 10.3. The maximum absolute atomic E-state index is 12.8. The number of hydrogen-bond acceptors (Lipinski definition) is 4. The Morgan fingerprint density at radius 2 is 1.88 bits per heavy atom. The molecule has 3 aromatic rings. The quantitative estimate of drug-likeness (QED) is 0.759. The number of carbonyl (C=O) groups is 1. The molecule has 7 nitrogen and oxygen atoms in total. The van der Waals surface area contributed by atoms with Gasteiger partial charge in [-0.1, -0.05) is 0 Å². The first-order valence-corrected chi connectivity index (χ1v) is 8.61. The van der Waals surface area contributed by atoms with Crippen LogP contribution in [0.5, 0.6) is 0 Å². The first-order valence-electron chi connectivity index (χ1n) is 7.17. The third kappa shape index (κ3) is 2.95. The minimum atomic E-state index is -3.70. The fraction of sp³-hybridized carbons (Fsp3) is 0.125. The lowest BCUT2D eigenvalue weighted by Gasteiger charge is -2.19. The number of carbonyl (C=O) groups excluding carboxylic acids is 1. The zero-order chi connectivity index (χ0) is 17.3. The molecule has 2 N–H and O–H groups in total. The standard InChI is InChI=1S/C16H16N4O3S/c1-11(21)19-12-3-6-14(7-4-12)24(22,23)20(2)13-5-8-15-16(9-13)18-10-17-15/h3-10H,1-2H3,(H,17,18)(H,19,21). The third-order valence-electron chi connectivity index (χ3n) is 3.60. The van der Waals surface area contributed by atoms with Gasteiger partial charge in [0.1, 0.15) is 0 Å². The molecule has 1 amide bonds. The molecule has 0 spiro atoms. The van der Waals surface area contributed by atoms with Crippen molar-refractivity contribution in [2.24, 2.45) is 0 Å². The zero-order valence-electron chi connectivity index (χ0n) is 13.1. The predicted molar refractivity (Wildman–Crippen MR) is 92.4 cm³/mol. The van der Waals surface area contributed by atoms with Gasteiger partial charge in [-0.25, -0.2) is 13.4 Å². The molecule has 0 unspecified atom stereocenters. The van der Waals surface area contributed by atoms with Gasteiger partial charge in [0.25, 0.3) is 10.0 Å². The van der Waals surface area contributed by atoms with Crippen LogP contribution in [0.4, 0.5) is 11.4 Å². The van der Waals surface area contributed by atoms with Crippen LogP contribution in [0.1, 0.15) is 6.92 Å². The number of amides is 1. The van der Waals surface area contributed by atoms with Crippen LogP contribution in [0.15, 0.2) is 53.7 Å². The van der Waals surface area contributed by atoms with Crippen LogP contribution in [0.2, 0.25) is 0 Å². The SMILES string of the molecule is CC(=O)Nc1ccc(S(=O)(=O)N(C)c2ccc3nc[nH]c3c2)cc1. The van der Waals surface area contributed by atoms with Gasteiger partial charge in [0.15, 0.2) is 0 Å². The second-order valence-corrected chi connectivity index (χ2v) is 7.25. The molecule has 0 aliphatic carbocycles. The molecule has 0 aliphatic heterocycles. The highest BCUT2D eigenvalue weighted by Gasteiger charge is 2.21. The lowest BCUT2D eigenvalue weighted by Crippen LogP contribution is -2.26. The summed E-state index contributed by atoms with van der Waals surface area (Å²) in [7, 11) is -2.21. The van der Waals surface area contributed by atoms with E-state index in [1.807, 2.05) is 0 Å². The van der Waals surface area contributed by atoms with E-state index in [-0.39, 0.29) is 10.8 Å². The summed E-state index contributed by atoms with van der Waals surface area (Å²) >= 11 is 0. The van der Waals surface area contributed by atoms with Gasteiger partial charge < -0.3 is 10.3 Å². The van der Waals surface area contributed by atoms with Crippen LogP contribution in [0, 0.1) is 0 Å². The van der Waals surface area contributed by atoms with Crippen molar-refractivity contribution in [1.82, 2.24) is 9.97 Å². The molecule has 0 fully saturated rings. The van der Waals surface area contributed by atoms with E-state index < -0.39 is 10.0 Å². The first-order chi connectivity index (χ1) is 11.4. The fourth-order valence-electron chi connectivity index (χ4n) is 2.33. The Bertz CT molecular complexity index is 994. The van der Waals surface area contributed by atoms with E-state index in [2.05, 4.69) is 15.3 Å². The van der Waals surface area contributed by atoms with Crippen LogP contribution < -0.4 is 9.62 Å². The first kappa shape index (κ1) is 16.0. The van der Waals surface area contributed by atoms with E-state index in [1.165, 1.54) is 30.4 Å². The normalized spacial score (nSPS) is 11.4. The van der Waals surface area contributed by atoms with Crippen LogP contribution in [-0.2, 0) is 14.8 Å². The molecule has 0 radical (unpaired) electrons. The number of aromatic nitrogens is 2. The summed E-state index contributed by atoms with van der Waals surface area (Å²) < 4.78 is 26.7. The summed E-state index contributed by atoms with van der Waals surface area (Å²) in [5, 5.41) is 2.60. The topological polar surface area (TPSA) is 95.2 Å². The summed E-state index contributed by atoms with van der Waals surface area (Å²) in [6.07, 6.45) is 1.56. The van der Waals surface area contributed by atoms with E-state index in [1.54, 1.807) is 36.7 Å². The molecule has 24 heavy (non-hydrogen) atoms. The van der Waals surface area contributed by atoms with E-state index in [4.69, 9.17) is 0 Å². The number of rotatable bonds is 4. The molecular weight excluding hydrogens is 328 g/mol. The highest BCUT2D eigenvalue weighted by molar-refractivity contribution is 7.92. The number of nitrogens with one attached hydrogen (secondary N) is 2. The van der Waals surface area contributed by atoms with Crippen LogP contribution in [0.3, 0.4) is 0 Å². The highest BCUT2D eigenvalue weighted by atomic mass is 32.2. The van der Waals surface area contributed by atoms with Gasteiger partial charge >= 0.3 is 0 Å². The second kappa shape index (κ2) is 5.97. The van der Waals surface area contributed by atoms with E-state index in [0.29, 0.717) is 11.4 Å². The zero-order valence-corrected chi connectivity index (χ0v) is 14.0. The van der Waals surface area contributed by atoms with Gasteiger partial charge in [0, 0.05) is 19.7 Å². The Balaban J connectivity index is 1.92. The molecular formula is C16H16N4O3S. The van der Waals surface area contributed by atoms with Crippen LogP contribution in [-0.4, -0.2) is 31.3 Å². The van der Waals surface area contributed by atoms with Crippen molar-refractivity contribution in [2.45, 2.75) is 11.8 Å². The van der Waals surface area contributed by atoms with Crippen LogP contribution in [0.25, 0.3) is 11.0 Å². The predicted octanol–water partition coefficient (Wildman–Crippen LogP) is 2.35. The second-order valence-electron chi connectivity index (χ2n) is 5.28. The fourth-order valence-corrected chi connectivity index (χ4v) is 3.52. The smallest absolute Gasteiger partial charge is 0.264 e. The van der Waals surface area contributed by atoms with Crippen molar-refractivity contribution in [3.8, 4) is 0 Å². The molecule has 0 bridgehead atoms. The van der Waals surface area contributed by atoms with Crippen LogP contribution >= 0.6 is 0 Å². The minimum absolute atomic E-state index is 0.142. The van der Waals surface area contributed by atoms with Crippen molar-refractivity contribution in [3.63, 3.8) is 0 Å². The summed E-state index contributed by atoms with van der Waals surface area (Å²) in [4.78, 5) is 18.2. The number of sulfonamides is 1. The summed E-state index contributed by atoms with van der Waals surface area (Å²) in [6.45, 7) is 1.39. The van der Waals surface area contributed by atoms with Gasteiger partial charge in [-0.3, -0.25) is 9.10 Å². The average Bonchev–Trinajstić information content (AvgIpc) is 3.01. The molecule has 124 valence electrons. The van der Waals surface area contributed by atoms with Crippen molar-refractivity contribution < 1.29 is 13.2 Å². The van der Waals surface area contributed by atoms with E-state index in [0.717, 1.165) is 11.0 Å². The van der Waals surface area contributed by atoms with Gasteiger partial charge in [-0.2, -0.15) is 0 Å². The average molecular weight is 344 g/mol. The Kier molecular flexibility index (Phi) is 3.98. The number of nitrogens with zero attached hydrogens (tertiary/aromatic N) is 2. The van der Waals surface area contributed by atoms with Gasteiger partial charge in [-0.05, 0) is 42.5 Å². The molecule has 0 aliphatic rings. The Morgan fingerprint density at radius 1 is 1.17 bits per heavy atom. The van der Waals surface area contributed by atoms with Gasteiger partial charge in [-0.15, -0.1) is 0 Å². The molecule has 1 aromatic heterocycles. The number of hydrogen-bond donors (Lipinski definition) is 2. The van der Waals surface area contributed by atoms with E-state index in [9.17, 15) is 13.2 Å². The molecule has 2 aromatic carbocycles. The van der Waals surface area contributed by atoms with Crippen molar-refractivity contribution >= 4 is 38.3 Å². The third-order valence-corrected chi connectivity index (χ3v) is 5.40. The van der Waals surface area contributed by atoms with Gasteiger partial charge in [0.2, 0.25) is 5.91 Å².